The van der Waals surface area contributed by atoms with E-state index in [0.717, 1.165) is 5.56 Å². The van der Waals surface area contributed by atoms with Crippen molar-refractivity contribution in [3.63, 3.8) is 0 Å². The molecular weight excluding hydrogens is 210 g/mol. The van der Waals surface area contributed by atoms with E-state index in [0.29, 0.717) is 30.1 Å². The molecule has 0 bridgehead atoms. The van der Waals surface area contributed by atoms with Crippen LogP contribution >= 0.6 is 0 Å². The highest BCUT2D eigenvalue weighted by atomic mass is 16.7. The van der Waals surface area contributed by atoms with Gasteiger partial charge >= 0.3 is 0 Å². The molecule has 5 heteroatoms. The van der Waals surface area contributed by atoms with Crippen molar-refractivity contribution < 1.29 is 19.0 Å². The molecule has 0 spiro atoms. The minimum Gasteiger partial charge on any atom is -0.493 e. The third kappa shape index (κ3) is 2.03. The van der Waals surface area contributed by atoms with Gasteiger partial charge in [0.15, 0.2) is 11.5 Å². The third-order valence-corrected chi connectivity index (χ3v) is 2.38. The van der Waals surface area contributed by atoms with Crippen molar-refractivity contribution in [1.82, 2.24) is 0 Å². The van der Waals surface area contributed by atoms with Gasteiger partial charge in [0.05, 0.1) is 7.11 Å². The van der Waals surface area contributed by atoms with Gasteiger partial charge in [0.1, 0.15) is 0 Å². The molecule has 1 aromatic carbocycles. The van der Waals surface area contributed by atoms with Gasteiger partial charge in [-0.25, -0.2) is 0 Å². The van der Waals surface area contributed by atoms with Crippen molar-refractivity contribution in [2.24, 2.45) is 5.73 Å². The van der Waals surface area contributed by atoms with Crippen molar-refractivity contribution >= 4 is 5.91 Å². The predicted octanol–water partition coefficient (Wildman–Crippen LogP) is 0.842. The summed E-state index contributed by atoms with van der Waals surface area (Å²) in [6, 6.07) is 3.67. The molecule has 16 heavy (non-hydrogen) atoms. The van der Waals surface area contributed by atoms with Gasteiger partial charge in [-0.3, -0.25) is 4.79 Å². The molecule has 0 saturated heterocycles. The zero-order valence-corrected chi connectivity index (χ0v) is 8.99. The molecule has 0 aromatic heterocycles. The SMILES string of the molecule is COc1cc(CCC(N)=O)cc2c1OCO2. The van der Waals surface area contributed by atoms with Crippen LogP contribution in [0.1, 0.15) is 12.0 Å². The second kappa shape index (κ2) is 4.30. The molecule has 0 unspecified atom stereocenters. The number of rotatable bonds is 4. The molecule has 2 rings (SSSR count). The minimum absolute atomic E-state index is 0.199. The highest BCUT2D eigenvalue weighted by Gasteiger charge is 2.19. The van der Waals surface area contributed by atoms with Gasteiger partial charge < -0.3 is 19.9 Å². The van der Waals surface area contributed by atoms with E-state index in [-0.39, 0.29) is 12.7 Å². The molecule has 1 aromatic rings. The van der Waals surface area contributed by atoms with Crippen LogP contribution < -0.4 is 19.9 Å². The van der Waals surface area contributed by atoms with Crippen LogP contribution in [0.2, 0.25) is 0 Å². The van der Waals surface area contributed by atoms with Crippen LogP contribution in [0.5, 0.6) is 17.2 Å². The highest BCUT2D eigenvalue weighted by Crippen LogP contribution is 2.41. The number of hydrogen-bond acceptors (Lipinski definition) is 4. The average Bonchev–Trinajstić information content (AvgIpc) is 2.73. The zero-order chi connectivity index (χ0) is 11.5. The summed E-state index contributed by atoms with van der Waals surface area (Å²) < 4.78 is 15.7. The summed E-state index contributed by atoms with van der Waals surface area (Å²) in [5.74, 6) is 1.57. The van der Waals surface area contributed by atoms with E-state index in [1.54, 1.807) is 7.11 Å². The Morgan fingerprint density at radius 3 is 3.00 bits per heavy atom. The van der Waals surface area contributed by atoms with Gasteiger partial charge in [-0.1, -0.05) is 0 Å². The molecule has 1 heterocycles. The fourth-order valence-corrected chi connectivity index (χ4v) is 1.60. The fraction of sp³-hybridized carbons (Fsp3) is 0.364. The standard InChI is InChI=1S/C11H13NO4/c1-14-8-4-7(2-3-10(12)13)5-9-11(8)16-6-15-9/h4-5H,2-3,6H2,1H3,(H2,12,13). The number of hydrogen-bond donors (Lipinski definition) is 1. The van der Waals surface area contributed by atoms with Crippen LogP contribution in [-0.2, 0) is 11.2 Å². The molecule has 1 aliphatic rings. The van der Waals surface area contributed by atoms with E-state index in [2.05, 4.69) is 0 Å². The number of carbonyl (C=O) groups excluding carboxylic acids is 1. The van der Waals surface area contributed by atoms with E-state index in [9.17, 15) is 4.79 Å². The molecule has 86 valence electrons. The van der Waals surface area contributed by atoms with Crippen molar-refractivity contribution in [3.05, 3.63) is 17.7 Å². The molecule has 1 aliphatic heterocycles. The van der Waals surface area contributed by atoms with Crippen molar-refractivity contribution in [2.75, 3.05) is 13.9 Å². The van der Waals surface area contributed by atoms with Gasteiger partial charge in [-0.15, -0.1) is 0 Å². The summed E-state index contributed by atoms with van der Waals surface area (Å²) in [4.78, 5) is 10.7. The first-order valence-electron chi connectivity index (χ1n) is 4.95. The topological polar surface area (TPSA) is 70.8 Å². The van der Waals surface area contributed by atoms with Gasteiger partial charge in [0.2, 0.25) is 18.4 Å². The molecule has 0 radical (unpaired) electrons. The van der Waals surface area contributed by atoms with Crippen LogP contribution in [0.25, 0.3) is 0 Å². The molecule has 0 saturated carbocycles. The number of methoxy groups -OCH3 is 1. The number of amides is 1. The second-order valence-corrected chi connectivity index (χ2v) is 3.50. The van der Waals surface area contributed by atoms with E-state index < -0.39 is 0 Å². The molecule has 1 amide bonds. The summed E-state index contributed by atoms with van der Waals surface area (Å²) in [5, 5.41) is 0. The molecule has 0 atom stereocenters. The van der Waals surface area contributed by atoms with Crippen LogP contribution in [0, 0.1) is 0 Å². The van der Waals surface area contributed by atoms with Crippen LogP contribution in [0.3, 0.4) is 0 Å². The number of nitrogens with two attached hydrogens (primary N) is 1. The van der Waals surface area contributed by atoms with Crippen LogP contribution in [0.4, 0.5) is 0 Å². The summed E-state index contributed by atoms with van der Waals surface area (Å²) in [6.45, 7) is 0.199. The molecule has 2 N–H and O–H groups in total. The summed E-state index contributed by atoms with van der Waals surface area (Å²) in [5.41, 5.74) is 6.04. The van der Waals surface area contributed by atoms with E-state index in [4.69, 9.17) is 19.9 Å². The summed E-state index contributed by atoms with van der Waals surface area (Å²) >= 11 is 0. The smallest absolute Gasteiger partial charge is 0.231 e. The molecule has 0 aliphatic carbocycles. The third-order valence-electron chi connectivity index (χ3n) is 2.38. The molecular formula is C11H13NO4. The average molecular weight is 223 g/mol. The first kappa shape index (κ1) is 10.6. The second-order valence-electron chi connectivity index (χ2n) is 3.50. The van der Waals surface area contributed by atoms with Crippen molar-refractivity contribution in [3.8, 4) is 17.2 Å². The minimum atomic E-state index is -0.323. The maximum absolute atomic E-state index is 10.7. The lowest BCUT2D eigenvalue weighted by molar-refractivity contribution is -0.117. The van der Waals surface area contributed by atoms with Crippen LogP contribution in [-0.4, -0.2) is 19.8 Å². The quantitative estimate of drug-likeness (QED) is 0.821. The lowest BCUT2D eigenvalue weighted by atomic mass is 10.1. The summed E-state index contributed by atoms with van der Waals surface area (Å²) in [7, 11) is 1.56. The largest absolute Gasteiger partial charge is 0.493 e. The Morgan fingerprint density at radius 2 is 2.31 bits per heavy atom. The Kier molecular flexibility index (Phi) is 2.85. The maximum Gasteiger partial charge on any atom is 0.231 e. The van der Waals surface area contributed by atoms with Gasteiger partial charge in [0, 0.05) is 6.42 Å². The Hall–Kier alpha value is -1.91. The first-order valence-corrected chi connectivity index (χ1v) is 4.95. The molecule has 5 nitrogen and oxygen atoms in total. The number of fused-ring (bicyclic) bond motifs is 1. The van der Waals surface area contributed by atoms with Crippen molar-refractivity contribution in [1.29, 1.82) is 0 Å². The summed E-state index contributed by atoms with van der Waals surface area (Å²) in [6.07, 6.45) is 0.880. The maximum atomic E-state index is 10.7. The fourth-order valence-electron chi connectivity index (χ4n) is 1.60. The zero-order valence-electron chi connectivity index (χ0n) is 8.99. The Labute approximate surface area is 93.1 Å². The Bertz CT molecular complexity index is 417. The van der Waals surface area contributed by atoms with Crippen molar-refractivity contribution in [2.45, 2.75) is 12.8 Å². The Morgan fingerprint density at radius 1 is 1.50 bits per heavy atom. The highest BCUT2D eigenvalue weighted by molar-refractivity contribution is 5.74. The number of aryl methyl sites for hydroxylation is 1. The number of ether oxygens (including phenoxy) is 3. The van der Waals surface area contributed by atoms with E-state index >= 15 is 0 Å². The number of benzene rings is 1. The van der Waals surface area contributed by atoms with Gasteiger partial charge in [-0.05, 0) is 24.1 Å². The number of primary amides is 1. The van der Waals surface area contributed by atoms with E-state index in [1.807, 2.05) is 12.1 Å². The monoisotopic (exact) mass is 223 g/mol. The van der Waals surface area contributed by atoms with Crippen LogP contribution in [0.15, 0.2) is 12.1 Å². The Balaban J connectivity index is 2.24. The molecule has 0 fully saturated rings. The lowest BCUT2D eigenvalue weighted by Gasteiger charge is -2.07. The van der Waals surface area contributed by atoms with E-state index in [1.165, 1.54) is 0 Å². The normalized spacial score (nSPS) is 12.6. The predicted molar refractivity (Wildman–Crippen MR) is 56.6 cm³/mol. The van der Waals surface area contributed by atoms with Gasteiger partial charge in [0.25, 0.3) is 0 Å². The van der Waals surface area contributed by atoms with Gasteiger partial charge in [-0.2, -0.15) is 0 Å². The lowest BCUT2D eigenvalue weighted by Crippen LogP contribution is -2.11. The first-order chi connectivity index (χ1) is 7.70. The number of carbonyl (C=O) groups is 1.